The van der Waals surface area contributed by atoms with Crippen LogP contribution in [0.15, 0.2) is 0 Å². The molecule has 0 radical (unpaired) electrons. The van der Waals surface area contributed by atoms with Crippen molar-refractivity contribution >= 4 is 5.78 Å². The second-order valence-corrected chi connectivity index (χ2v) is 4.09. The molecule has 2 heteroatoms. The van der Waals surface area contributed by atoms with Crippen LogP contribution >= 0.6 is 0 Å². The van der Waals surface area contributed by atoms with Gasteiger partial charge in [-0.1, -0.05) is 13.8 Å². The first-order valence-corrected chi connectivity index (χ1v) is 4.69. The molecule has 1 rings (SSSR count). The molecule has 0 N–H and O–H groups in total. The summed E-state index contributed by atoms with van der Waals surface area (Å²) in [6, 6.07) is 0. The Balaban J connectivity index is 2.81. The maximum Gasteiger partial charge on any atom is 0.167 e. The molecule has 2 atom stereocenters. The van der Waals surface area contributed by atoms with Gasteiger partial charge in [0, 0.05) is 6.42 Å². The monoisotopic (exact) mass is 170 g/mol. The van der Waals surface area contributed by atoms with Crippen LogP contribution in [0.25, 0.3) is 0 Å². The van der Waals surface area contributed by atoms with Crippen LogP contribution in [0.3, 0.4) is 0 Å². The van der Waals surface area contributed by atoms with Crippen molar-refractivity contribution < 1.29 is 9.53 Å². The van der Waals surface area contributed by atoms with Crippen molar-refractivity contribution in [2.75, 3.05) is 0 Å². The molecule has 0 aromatic rings. The number of Topliss-reactive ketones (excluding diaryl/α,β-unsaturated/α-hetero) is 1. The van der Waals surface area contributed by atoms with E-state index in [9.17, 15) is 4.79 Å². The molecule has 0 aromatic heterocycles. The molecule has 2 nitrogen and oxygen atoms in total. The average Bonchev–Trinajstić information content (AvgIpc) is 2.25. The molecular weight excluding hydrogens is 152 g/mol. The molecule has 0 aromatic carbocycles. The Morgan fingerprint density at radius 2 is 1.92 bits per heavy atom. The van der Waals surface area contributed by atoms with Gasteiger partial charge in [0.15, 0.2) is 5.78 Å². The Bertz CT molecular complexity index is 200. The predicted octanol–water partition coefficient (Wildman–Crippen LogP) is 2.31. The zero-order chi connectivity index (χ0) is 9.41. The molecule has 1 fully saturated rings. The third-order valence-electron chi connectivity index (χ3n) is 3.02. The molecule has 12 heavy (non-hydrogen) atoms. The quantitative estimate of drug-likeness (QED) is 0.635. The van der Waals surface area contributed by atoms with E-state index in [1.54, 1.807) is 0 Å². The van der Waals surface area contributed by atoms with Gasteiger partial charge in [-0.3, -0.25) is 4.79 Å². The molecule has 1 aliphatic heterocycles. The van der Waals surface area contributed by atoms with Gasteiger partial charge in [0.1, 0.15) is 5.60 Å². The number of ether oxygens (including phenoxy) is 1. The van der Waals surface area contributed by atoms with Gasteiger partial charge in [0.2, 0.25) is 0 Å². The molecular formula is C10H18O2. The van der Waals surface area contributed by atoms with Crippen molar-refractivity contribution in [2.45, 2.75) is 58.2 Å². The normalized spacial score (nSPS) is 42.2. The highest BCUT2D eigenvalue weighted by Crippen LogP contribution is 2.38. The fourth-order valence-electron chi connectivity index (χ4n) is 1.63. The number of ketones is 1. The molecule has 0 spiro atoms. The SMILES string of the molecule is CC[C@]1(C)CC(=O)[C@](C)(CC)O1. The molecule has 0 unspecified atom stereocenters. The average molecular weight is 170 g/mol. The Morgan fingerprint density at radius 3 is 2.17 bits per heavy atom. The summed E-state index contributed by atoms with van der Waals surface area (Å²) in [7, 11) is 0. The lowest BCUT2D eigenvalue weighted by Crippen LogP contribution is -2.33. The van der Waals surface area contributed by atoms with E-state index in [0.29, 0.717) is 6.42 Å². The minimum absolute atomic E-state index is 0.207. The fourth-order valence-corrected chi connectivity index (χ4v) is 1.63. The number of carbonyl (C=O) groups is 1. The van der Waals surface area contributed by atoms with Gasteiger partial charge in [0.25, 0.3) is 0 Å². The van der Waals surface area contributed by atoms with Crippen LogP contribution in [0.2, 0.25) is 0 Å². The molecule has 1 aliphatic rings. The number of carbonyl (C=O) groups excluding carboxylic acids is 1. The van der Waals surface area contributed by atoms with E-state index in [4.69, 9.17) is 4.74 Å². The van der Waals surface area contributed by atoms with Crippen molar-refractivity contribution in [3.8, 4) is 0 Å². The van der Waals surface area contributed by atoms with Gasteiger partial charge in [-0.25, -0.2) is 0 Å². The first-order chi connectivity index (χ1) is 5.46. The van der Waals surface area contributed by atoms with Crippen molar-refractivity contribution in [3.05, 3.63) is 0 Å². The number of hydrogen-bond donors (Lipinski definition) is 0. The standard InChI is InChI=1S/C10H18O2/c1-5-9(3)7-8(11)10(4,6-2)12-9/h5-7H2,1-4H3/t9-,10+/m1/s1. The second-order valence-electron chi connectivity index (χ2n) is 4.09. The zero-order valence-corrected chi connectivity index (χ0v) is 8.44. The zero-order valence-electron chi connectivity index (χ0n) is 8.44. The minimum Gasteiger partial charge on any atom is -0.361 e. The minimum atomic E-state index is -0.509. The van der Waals surface area contributed by atoms with E-state index < -0.39 is 5.60 Å². The number of hydrogen-bond acceptors (Lipinski definition) is 2. The summed E-state index contributed by atoms with van der Waals surface area (Å²) < 4.78 is 5.80. The lowest BCUT2D eigenvalue weighted by Gasteiger charge is -2.26. The third-order valence-corrected chi connectivity index (χ3v) is 3.02. The Hall–Kier alpha value is -0.370. The van der Waals surface area contributed by atoms with Crippen molar-refractivity contribution in [2.24, 2.45) is 0 Å². The van der Waals surface area contributed by atoms with Crippen LogP contribution in [0.4, 0.5) is 0 Å². The number of rotatable bonds is 2. The van der Waals surface area contributed by atoms with E-state index in [1.807, 2.05) is 20.8 Å². The first kappa shape index (κ1) is 9.72. The largest absolute Gasteiger partial charge is 0.361 e. The second kappa shape index (κ2) is 2.84. The maximum atomic E-state index is 11.6. The summed E-state index contributed by atoms with van der Waals surface area (Å²) >= 11 is 0. The van der Waals surface area contributed by atoms with Gasteiger partial charge >= 0.3 is 0 Å². The van der Waals surface area contributed by atoms with Gasteiger partial charge < -0.3 is 4.74 Å². The molecule has 0 bridgehead atoms. The molecule has 70 valence electrons. The topological polar surface area (TPSA) is 26.3 Å². The van der Waals surface area contributed by atoms with Crippen LogP contribution in [0.5, 0.6) is 0 Å². The summed E-state index contributed by atoms with van der Waals surface area (Å²) in [6.07, 6.45) is 2.27. The Kier molecular flexibility index (Phi) is 2.30. The van der Waals surface area contributed by atoms with Gasteiger partial charge in [-0.15, -0.1) is 0 Å². The summed E-state index contributed by atoms with van der Waals surface area (Å²) in [5.41, 5.74) is -0.716. The smallest absolute Gasteiger partial charge is 0.167 e. The molecule has 0 aliphatic carbocycles. The summed E-state index contributed by atoms with van der Waals surface area (Å²) in [6.45, 7) is 7.98. The van der Waals surface area contributed by atoms with Gasteiger partial charge in [0.05, 0.1) is 5.60 Å². The Labute approximate surface area is 74.3 Å². The Morgan fingerprint density at radius 1 is 1.33 bits per heavy atom. The van der Waals surface area contributed by atoms with Crippen molar-refractivity contribution in [1.82, 2.24) is 0 Å². The summed E-state index contributed by atoms with van der Waals surface area (Å²) in [5, 5.41) is 0. The van der Waals surface area contributed by atoms with E-state index in [2.05, 4.69) is 6.92 Å². The van der Waals surface area contributed by atoms with E-state index in [0.717, 1.165) is 12.8 Å². The highest BCUT2D eigenvalue weighted by molar-refractivity contribution is 5.89. The first-order valence-electron chi connectivity index (χ1n) is 4.69. The highest BCUT2D eigenvalue weighted by Gasteiger charge is 2.48. The molecule has 0 amide bonds. The van der Waals surface area contributed by atoms with E-state index in [1.165, 1.54) is 0 Å². The predicted molar refractivity (Wildman–Crippen MR) is 48.1 cm³/mol. The van der Waals surface area contributed by atoms with E-state index in [-0.39, 0.29) is 11.4 Å². The summed E-state index contributed by atoms with van der Waals surface area (Å²) in [5.74, 6) is 0.259. The lowest BCUT2D eigenvalue weighted by atomic mass is 9.94. The van der Waals surface area contributed by atoms with Crippen LogP contribution in [-0.2, 0) is 9.53 Å². The van der Waals surface area contributed by atoms with Gasteiger partial charge in [-0.2, -0.15) is 0 Å². The van der Waals surface area contributed by atoms with Crippen molar-refractivity contribution in [1.29, 1.82) is 0 Å². The van der Waals surface area contributed by atoms with Crippen LogP contribution in [-0.4, -0.2) is 17.0 Å². The van der Waals surface area contributed by atoms with Crippen LogP contribution < -0.4 is 0 Å². The molecule has 0 saturated carbocycles. The highest BCUT2D eigenvalue weighted by atomic mass is 16.5. The third kappa shape index (κ3) is 1.40. The maximum absolute atomic E-state index is 11.6. The summed E-state index contributed by atoms with van der Waals surface area (Å²) in [4.78, 5) is 11.6. The van der Waals surface area contributed by atoms with Crippen LogP contribution in [0, 0.1) is 0 Å². The molecule has 1 saturated heterocycles. The molecule has 1 heterocycles. The van der Waals surface area contributed by atoms with Crippen LogP contribution in [0.1, 0.15) is 47.0 Å². The lowest BCUT2D eigenvalue weighted by molar-refractivity contribution is -0.136. The van der Waals surface area contributed by atoms with Crippen molar-refractivity contribution in [3.63, 3.8) is 0 Å². The van der Waals surface area contributed by atoms with Gasteiger partial charge in [-0.05, 0) is 26.7 Å². The van der Waals surface area contributed by atoms with E-state index >= 15 is 0 Å². The fraction of sp³-hybridized carbons (Fsp3) is 0.900.